The van der Waals surface area contributed by atoms with Crippen molar-refractivity contribution in [1.82, 2.24) is 4.31 Å². The Balaban J connectivity index is 2.56. The Morgan fingerprint density at radius 2 is 2.14 bits per heavy atom. The van der Waals surface area contributed by atoms with Crippen LogP contribution in [0, 0.1) is 0 Å². The van der Waals surface area contributed by atoms with Crippen LogP contribution in [0.15, 0.2) is 0 Å². The van der Waals surface area contributed by atoms with E-state index in [4.69, 9.17) is 5.11 Å². The van der Waals surface area contributed by atoms with Crippen LogP contribution >= 0.6 is 0 Å². The fourth-order valence-corrected chi connectivity index (χ4v) is 3.70. The number of aliphatic hydroxyl groups is 1. The minimum atomic E-state index is -3.00. The van der Waals surface area contributed by atoms with Crippen molar-refractivity contribution < 1.29 is 13.5 Å². The standard InChI is InChI=1S/C9H19NO3S/c1-9(5-4-7-11)10-6-2-3-8-14(10,12)13/h9,11H,2-8H2,1H3. The van der Waals surface area contributed by atoms with E-state index in [0.717, 1.165) is 19.3 Å². The summed E-state index contributed by atoms with van der Waals surface area (Å²) in [6.07, 6.45) is 3.16. The van der Waals surface area contributed by atoms with Crippen molar-refractivity contribution in [3.8, 4) is 0 Å². The van der Waals surface area contributed by atoms with Gasteiger partial charge in [-0.2, -0.15) is 4.31 Å². The maximum Gasteiger partial charge on any atom is 0.214 e. The van der Waals surface area contributed by atoms with Crippen LogP contribution in [0.4, 0.5) is 0 Å². The molecular weight excluding hydrogens is 202 g/mol. The first-order chi connectivity index (χ1) is 6.58. The molecule has 0 aliphatic carbocycles. The molecule has 4 nitrogen and oxygen atoms in total. The van der Waals surface area contributed by atoms with Crippen molar-refractivity contribution in [2.24, 2.45) is 0 Å². The molecule has 1 aliphatic rings. The SMILES string of the molecule is CC(CCCO)N1CCCCS1(=O)=O. The van der Waals surface area contributed by atoms with Gasteiger partial charge in [0.05, 0.1) is 5.75 Å². The molecule has 84 valence electrons. The molecule has 1 N–H and O–H groups in total. The van der Waals surface area contributed by atoms with Gasteiger partial charge in [0.15, 0.2) is 0 Å². The number of hydrogen-bond acceptors (Lipinski definition) is 3. The van der Waals surface area contributed by atoms with Crippen LogP contribution in [-0.4, -0.2) is 42.8 Å². The van der Waals surface area contributed by atoms with Gasteiger partial charge in [-0.1, -0.05) is 0 Å². The summed E-state index contributed by atoms with van der Waals surface area (Å²) in [7, 11) is -3.00. The Kier molecular flexibility index (Phi) is 4.34. The van der Waals surface area contributed by atoms with E-state index >= 15 is 0 Å². The Morgan fingerprint density at radius 3 is 2.71 bits per heavy atom. The molecule has 1 heterocycles. The predicted molar refractivity (Wildman–Crippen MR) is 55.5 cm³/mol. The van der Waals surface area contributed by atoms with E-state index < -0.39 is 10.0 Å². The minimum absolute atomic E-state index is 0.0347. The minimum Gasteiger partial charge on any atom is -0.396 e. The fraction of sp³-hybridized carbons (Fsp3) is 1.00. The molecule has 1 fully saturated rings. The van der Waals surface area contributed by atoms with E-state index in [-0.39, 0.29) is 18.4 Å². The van der Waals surface area contributed by atoms with Gasteiger partial charge in [0.1, 0.15) is 0 Å². The second kappa shape index (κ2) is 5.09. The molecule has 1 saturated heterocycles. The summed E-state index contributed by atoms with van der Waals surface area (Å²) < 4.78 is 24.9. The zero-order chi connectivity index (χ0) is 10.6. The third-order valence-electron chi connectivity index (χ3n) is 2.66. The van der Waals surface area contributed by atoms with Gasteiger partial charge in [-0.25, -0.2) is 8.42 Å². The summed E-state index contributed by atoms with van der Waals surface area (Å²) in [4.78, 5) is 0. The molecule has 0 spiro atoms. The molecule has 0 aromatic heterocycles. The quantitative estimate of drug-likeness (QED) is 0.755. The summed E-state index contributed by atoms with van der Waals surface area (Å²) in [5, 5.41) is 8.68. The Hall–Kier alpha value is -0.130. The molecule has 0 saturated carbocycles. The highest BCUT2D eigenvalue weighted by Crippen LogP contribution is 2.19. The highest BCUT2D eigenvalue weighted by molar-refractivity contribution is 7.89. The summed E-state index contributed by atoms with van der Waals surface area (Å²) in [5.41, 5.74) is 0. The third kappa shape index (κ3) is 2.93. The second-order valence-corrected chi connectivity index (χ2v) is 5.89. The first kappa shape index (κ1) is 11.9. The lowest BCUT2D eigenvalue weighted by atomic mass is 10.2. The zero-order valence-corrected chi connectivity index (χ0v) is 9.46. The van der Waals surface area contributed by atoms with Crippen LogP contribution in [0.5, 0.6) is 0 Å². The maximum atomic E-state index is 11.6. The lowest BCUT2D eigenvalue weighted by Crippen LogP contribution is -2.43. The topological polar surface area (TPSA) is 57.6 Å². The van der Waals surface area contributed by atoms with Crippen LogP contribution in [0.2, 0.25) is 0 Å². The van der Waals surface area contributed by atoms with Crippen molar-refractivity contribution in [1.29, 1.82) is 0 Å². The molecule has 0 aromatic carbocycles. The van der Waals surface area contributed by atoms with E-state index in [0.29, 0.717) is 13.0 Å². The van der Waals surface area contributed by atoms with Gasteiger partial charge in [0.2, 0.25) is 10.0 Å². The van der Waals surface area contributed by atoms with Gasteiger partial charge in [-0.05, 0) is 32.6 Å². The zero-order valence-electron chi connectivity index (χ0n) is 8.65. The highest BCUT2D eigenvalue weighted by Gasteiger charge is 2.29. The normalized spacial score (nSPS) is 24.7. The molecule has 1 unspecified atom stereocenters. The van der Waals surface area contributed by atoms with E-state index in [1.54, 1.807) is 4.31 Å². The van der Waals surface area contributed by atoms with Crippen molar-refractivity contribution in [2.75, 3.05) is 18.9 Å². The van der Waals surface area contributed by atoms with Gasteiger partial charge < -0.3 is 5.11 Å². The number of aliphatic hydroxyl groups excluding tert-OH is 1. The van der Waals surface area contributed by atoms with E-state index in [1.165, 1.54) is 0 Å². The molecule has 1 rings (SSSR count). The molecule has 1 aliphatic heterocycles. The van der Waals surface area contributed by atoms with Crippen molar-refractivity contribution in [2.45, 2.75) is 38.6 Å². The maximum absolute atomic E-state index is 11.6. The van der Waals surface area contributed by atoms with Crippen LogP contribution in [0.25, 0.3) is 0 Å². The average Bonchev–Trinajstić information content (AvgIpc) is 2.13. The molecule has 0 amide bonds. The van der Waals surface area contributed by atoms with Gasteiger partial charge in [0.25, 0.3) is 0 Å². The third-order valence-corrected chi connectivity index (χ3v) is 4.72. The number of rotatable bonds is 4. The molecule has 0 bridgehead atoms. The summed E-state index contributed by atoms with van der Waals surface area (Å²) >= 11 is 0. The highest BCUT2D eigenvalue weighted by atomic mass is 32.2. The van der Waals surface area contributed by atoms with E-state index in [9.17, 15) is 8.42 Å². The summed E-state index contributed by atoms with van der Waals surface area (Å²) in [5.74, 6) is 0.288. The van der Waals surface area contributed by atoms with Gasteiger partial charge in [-0.3, -0.25) is 0 Å². The van der Waals surface area contributed by atoms with Crippen LogP contribution in [-0.2, 0) is 10.0 Å². The molecule has 0 radical (unpaired) electrons. The molecule has 14 heavy (non-hydrogen) atoms. The number of hydrogen-bond donors (Lipinski definition) is 1. The first-order valence-corrected chi connectivity index (χ1v) is 6.79. The van der Waals surface area contributed by atoms with Crippen molar-refractivity contribution >= 4 is 10.0 Å². The Morgan fingerprint density at radius 1 is 1.43 bits per heavy atom. The lowest BCUT2D eigenvalue weighted by Gasteiger charge is -2.31. The van der Waals surface area contributed by atoms with E-state index in [2.05, 4.69) is 0 Å². The average molecular weight is 221 g/mol. The van der Waals surface area contributed by atoms with Gasteiger partial charge in [-0.15, -0.1) is 0 Å². The molecule has 0 aromatic rings. The van der Waals surface area contributed by atoms with Gasteiger partial charge in [0, 0.05) is 19.2 Å². The van der Waals surface area contributed by atoms with Crippen LogP contribution in [0.3, 0.4) is 0 Å². The van der Waals surface area contributed by atoms with Crippen LogP contribution < -0.4 is 0 Å². The molecule has 1 atom stereocenters. The molecular formula is C9H19NO3S. The largest absolute Gasteiger partial charge is 0.396 e. The smallest absolute Gasteiger partial charge is 0.214 e. The number of sulfonamides is 1. The molecule has 5 heteroatoms. The van der Waals surface area contributed by atoms with E-state index in [1.807, 2.05) is 6.92 Å². The monoisotopic (exact) mass is 221 g/mol. The first-order valence-electron chi connectivity index (χ1n) is 5.18. The Bertz CT molecular complexity index is 263. The van der Waals surface area contributed by atoms with Crippen molar-refractivity contribution in [3.05, 3.63) is 0 Å². The summed E-state index contributed by atoms with van der Waals surface area (Å²) in [6, 6.07) is 0.0347. The van der Waals surface area contributed by atoms with Gasteiger partial charge >= 0.3 is 0 Å². The van der Waals surface area contributed by atoms with Crippen LogP contribution in [0.1, 0.15) is 32.6 Å². The number of nitrogens with zero attached hydrogens (tertiary/aromatic N) is 1. The lowest BCUT2D eigenvalue weighted by molar-refractivity contribution is 0.249. The van der Waals surface area contributed by atoms with Crippen molar-refractivity contribution in [3.63, 3.8) is 0 Å². The Labute approximate surface area is 86.0 Å². The second-order valence-electron chi connectivity index (χ2n) is 3.85. The fourth-order valence-electron chi connectivity index (χ4n) is 1.83. The predicted octanol–water partition coefficient (Wildman–Crippen LogP) is 0.573. The summed E-state index contributed by atoms with van der Waals surface area (Å²) in [6.45, 7) is 2.70.